The lowest BCUT2D eigenvalue weighted by Gasteiger charge is -2.12. The van der Waals surface area contributed by atoms with E-state index in [-0.39, 0.29) is 18.1 Å². The zero-order chi connectivity index (χ0) is 16.8. The first-order valence-electron chi connectivity index (χ1n) is 6.29. The van der Waals surface area contributed by atoms with Gasteiger partial charge in [-0.2, -0.15) is 27.8 Å². The highest BCUT2D eigenvalue weighted by Crippen LogP contribution is 2.30. The predicted molar refractivity (Wildman–Crippen MR) is 78.5 cm³/mol. The highest BCUT2D eigenvalue weighted by molar-refractivity contribution is 6.41. The molecule has 0 bridgehead atoms. The normalized spacial score (nSPS) is 12.1. The van der Waals surface area contributed by atoms with E-state index in [0.29, 0.717) is 15.9 Å². The van der Waals surface area contributed by atoms with Crippen LogP contribution in [0.3, 0.4) is 0 Å². The van der Waals surface area contributed by atoms with Gasteiger partial charge in [-0.05, 0) is 6.07 Å². The van der Waals surface area contributed by atoms with Crippen LogP contribution in [0.4, 0.5) is 19.0 Å². The van der Waals surface area contributed by atoms with Crippen molar-refractivity contribution in [2.45, 2.75) is 12.7 Å². The first kappa shape index (κ1) is 15.9. The van der Waals surface area contributed by atoms with E-state index in [0.717, 1.165) is 12.4 Å². The van der Waals surface area contributed by atoms with Crippen molar-refractivity contribution in [1.29, 1.82) is 0 Å². The maximum atomic E-state index is 12.9. The lowest BCUT2D eigenvalue weighted by atomic mass is 10.3. The molecular weight excluding hydrogens is 356 g/mol. The van der Waals surface area contributed by atoms with Gasteiger partial charge in [0.15, 0.2) is 5.69 Å². The number of nitrogens with zero attached hydrogens (tertiary/aromatic N) is 5. The average Bonchev–Trinajstić information content (AvgIpc) is 3.04. The van der Waals surface area contributed by atoms with E-state index >= 15 is 0 Å². The summed E-state index contributed by atoms with van der Waals surface area (Å²) in [5, 5.41) is 7.43. The Morgan fingerprint density at radius 2 is 2.00 bits per heavy atom. The molecule has 23 heavy (non-hydrogen) atoms. The minimum absolute atomic E-state index is 0.105. The molecule has 0 amide bonds. The van der Waals surface area contributed by atoms with E-state index in [1.54, 1.807) is 17.7 Å². The maximum absolute atomic E-state index is 12.9. The zero-order valence-electron chi connectivity index (χ0n) is 11.6. The van der Waals surface area contributed by atoms with Gasteiger partial charge in [0.1, 0.15) is 17.3 Å². The molecule has 0 aliphatic heterocycles. The Balaban J connectivity index is 1.95. The van der Waals surface area contributed by atoms with Gasteiger partial charge in [0.25, 0.3) is 5.78 Å². The van der Waals surface area contributed by atoms with Crippen LogP contribution in [0.15, 0.2) is 18.5 Å². The third-order valence-electron chi connectivity index (χ3n) is 3.21. The molecule has 0 aliphatic rings. The van der Waals surface area contributed by atoms with Gasteiger partial charge >= 0.3 is 6.18 Å². The van der Waals surface area contributed by atoms with Crippen molar-refractivity contribution >= 4 is 34.8 Å². The largest absolute Gasteiger partial charge is 0.433 e. The monoisotopic (exact) mass is 364 g/mol. The molecule has 11 heteroatoms. The van der Waals surface area contributed by atoms with Crippen molar-refractivity contribution in [1.82, 2.24) is 24.1 Å². The first-order chi connectivity index (χ1) is 10.8. The van der Waals surface area contributed by atoms with Gasteiger partial charge in [0, 0.05) is 18.8 Å². The van der Waals surface area contributed by atoms with E-state index < -0.39 is 11.9 Å². The number of alkyl halides is 3. The molecule has 0 saturated heterocycles. The molecule has 0 saturated carbocycles. The third kappa shape index (κ3) is 2.93. The molecule has 3 rings (SSSR count). The Bertz CT molecular complexity index is 870. The van der Waals surface area contributed by atoms with Crippen molar-refractivity contribution < 1.29 is 13.2 Å². The van der Waals surface area contributed by atoms with E-state index in [2.05, 4.69) is 20.4 Å². The quantitative estimate of drug-likeness (QED) is 0.773. The fourth-order valence-electron chi connectivity index (χ4n) is 2.02. The van der Waals surface area contributed by atoms with E-state index in [9.17, 15) is 13.2 Å². The third-order valence-corrected chi connectivity index (χ3v) is 4.05. The number of aromatic nitrogens is 5. The van der Waals surface area contributed by atoms with Crippen LogP contribution in [0, 0.1) is 0 Å². The highest BCUT2D eigenvalue weighted by atomic mass is 35.5. The molecule has 0 fully saturated rings. The topological polar surface area (TPSA) is 60.0 Å². The molecule has 0 aromatic carbocycles. The average molecular weight is 365 g/mol. The van der Waals surface area contributed by atoms with Crippen LogP contribution in [0.2, 0.25) is 10.2 Å². The van der Waals surface area contributed by atoms with E-state index in [1.807, 2.05) is 0 Å². The Morgan fingerprint density at radius 1 is 1.26 bits per heavy atom. The van der Waals surface area contributed by atoms with Crippen molar-refractivity contribution in [3.05, 3.63) is 40.0 Å². The summed E-state index contributed by atoms with van der Waals surface area (Å²) >= 11 is 11.9. The molecule has 0 aliphatic carbocycles. The van der Waals surface area contributed by atoms with Crippen LogP contribution in [0.5, 0.6) is 0 Å². The maximum Gasteiger partial charge on any atom is 0.433 e. The molecule has 0 spiro atoms. The second kappa shape index (κ2) is 5.57. The second-order valence-corrected chi connectivity index (χ2v) is 5.45. The van der Waals surface area contributed by atoms with Crippen molar-refractivity contribution in [2.75, 3.05) is 5.32 Å². The Kier molecular flexibility index (Phi) is 3.85. The second-order valence-electron chi connectivity index (χ2n) is 4.68. The van der Waals surface area contributed by atoms with Gasteiger partial charge in [-0.1, -0.05) is 23.2 Å². The standard InChI is InChI=1S/C12H9Cl2F3N6/c1-22-6(2-7(13)10(22)14)4-18-9-3-8(12(15,16)17)21-11-19-5-20-23(9)11/h2-3,5,18H,4H2,1H3. The van der Waals surface area contributed by atoms with Gasteiger partial charge < -0.3 is 9.88 Å². The number of anilines is 1. The summed E-state index contributed by atoms with van der Waals surface area (Å²) in [6.45, 7) is 0.194. The van der Waals surface area contributed by atoms with Gasteiger partial charge in [-0.3, -0.25) is 0 Å². The number of rotatable bonds is 3. The fourth-order valence-corrected chi connectivity index (χ4v) is 2.44. The molecule has 6 nitrogen and oxygen atoms in total. The van der Waals surface area contributed by atoms with Crippen LogP contribution in [0.25, 0.3) is 5.78 Å². The molecule has 1 N–H and O–H groups in total. The van der Waals surface area contributed by atoms with Crippen LogP contribution < -0.4 is 5.32 Å². The Morgan fingerprint density at radius 3 is 2.61 bits per heavy atom. The van der Waals surface area contributed by atoms with Crippen LogP contribution >= 0.6 is 23.2 Å². The fraction of sp³-hybridized carbons (Fsp3) is 0.250. The lowest BCUT2D eigenvalue weighted by molar-refractivity contribution is -0.141. The summed E-state index contributed by atoms with van der Waals surface area (Å²) in [5.74, 6) is -0.0430. The Labute approximate surface area is 137 Å². The number of hydrogen-bond acceptors (Lipinski definition) is 4. The predicted octanol–water partition coefficient (Wildman–Crippen LogP) is 3.40. The molecule has 122 valence electrons. The smallest absolute Gasteiger partial charge is 0.364 e. The number of nitrogens with one attached hydrogen (secondary N) is 1. The summed E-state index contributed by atoms with van der Waals surface area (Å²) in [6, 6.07) is 2.50. The number of hydrogen-bond donors (Lipinski definition) is 1. The summed E-state index contributed by atoms with van der Waals surface area (Å²) in [6.07, 6.45) is -3.45. The van der Waals surface area contributed by atoms with Crippen LogP contribution in [-0.4, -0.2) is 24.1 Å². The molecule has 0 radical (unpaired) electrons. The molecule has 0 atom stereocenters. The minimum Gasteiger partial charge on any atom is -0.364 e. The van der Waals surface area contributed by atoms with Crippen LogP contribution in [0.1, 0.15) is 11.4 Å². The summed E-state index contributed by atoms with van der Waals surface area (Å²) < 4.78 is 41.5. The molecule has 0 unspecified atom stereocenters. The molecule has 3 heterocycles. The van der Waals surface area contributed by atoms with Crippen LogP contribution in [-0.2, 0) is 19.8 Å². The van der Waals surface area contributed by atoms with E-state index in [1.165, 1.54) is 4.52 Å². The Hall–Kier alpha value is -2.00. The minimum atomic E-state index is -4.58. The summed E-state index contributed by atoms with van der Waals surface area (Å²) in [4.78, 5) is 7.13. The van der Waals surface area contributed by atoms with Crippen molar-refractivity contribution in [2.24, 2.45) is 7.05 Å². The van der Waals surface area contributed by atoms with Crippen molar-refractivity contribution in [3.63, 3.8) is 0 Å². The SMILES string of the molecule is Cn1c(CNc2cc(C(F)(F)F)nc3ncnn23)cc(Cl)c1Cl. The van der Waals surface area contributed by atoms with Gasteiger partial charge in [-0.25, -0.2) is 4.98 Å². The summed E-state index contributed by atoms with van der Waals surface area (Å²) in [5.41, 5.74) is -0.359. The van der Waals surface area contributed by atoms with Gasteiger partial charge in [0.2, 0.25) is 0 Å². The number of fused-ring (bicyclic) bond motifs is 1. The molecule has 3 aromatic heterocycles. The van der Waals surface area contributed by atoms with Gasteiger partial charge in [0.05, 0.1) is 11.6 Å². The first-order valence-corrected chi connectivity index (χ1v) is 7.04. The lowest BCUT2D eigenvalue weighted by Crippen LogP contribution is -2.14. The molecule has 3 aromatic rings. The van der Waals surface area contributed by atoms with E-state index in [4.69, 9.17) is 23.2 Å². The van der Waals surface area contributed by atoms with Gasteiger partial charge in [-0.15, -0.1) is 0 Å². The highest BCUT2D eigenvalue weighted by Gasteiger charge is 2.34. The zero-order valence-corrected chi connectivity index (χ0v) is 13.1. The molecular formula is C12H9Cl2F3N6. The summed E-state index contributed by atoms with van der Waals surface area (Å²) in [7, 11) is 1.70. The van der Waals surface area contributed by atoms with Crippen molar-refractivity contribution in [3.8, 4) is 0 Å². The number of halogens is 5.